The van der Waals surface area contributed by atoms with Crippen molar-refractivity contribution in [3.05, 3.63) is 24.3 Å². The van der Waals surface area contributed by atoms with Crippen LogP contribution in [0.1, 0.15) is 33.1 Å². The van der Waals surface area contributed by atoms with Gasteiger partial charge in [0, 0.05) is 18.8 Å². The number of unbranched alkanes of at least 4 members (excludes halogenated alkanes) is 1. The number of ether oxygens (including phenoxy) is 1. The number of nitrogens with one attached hydrogen (secondary N) is 2. The molecule has 1 aromatic carbocycles. The van der Waals surface area contributed by atoms with Crippen molar-refractivity contribution in [1.29, 1.82) is 0 Å². The minimum atomic E-state index is 0.810. The Balaban J connectivity index is 2.19. The molecule has 0 radical (unpaired) electrons. The highest BCUT2D eigenvalue weighted by Crippen LogP contribution is 2.15. The Morgan fingerprint density at radius 1 is 0.944 bits per heavy atom. The van der Waals surface area contributed by atoms with Crippen LogP contribution in [0.15, 0.2) is 24.3 Å². The van der Waals surface area contributed by atoms with Gasteiger partial charge in [-0.15, -0.1) is 0 Å². The van der Waals surface area contributed by atoms with Crippen molar-refractivity contribution < 1.29 is 4.74 Å². The molecule has 1 aromatic rings. The molecule has 3 heteroatoms. The summed E-state index contributed by atoms with van der Waals surface area (Å²) in [6, 6.07) is 8.19. The normalized spacial score (nSPS) is 10.3. The first-order chi connectivity index (χ1) is 8.86. The molecule has 0 heterocycles. The number of benzene rings is 1. The van der Waals surface area contributed by atoms with Crippen LogP contribution in [-0.2, 0) is 0 Å². The molecule has 0 bridgehead atoms. The van der Waals surface area contributed by atoms with Crippen LogP contribution in [0.2, 0.25) is 0 Å². The molecular weight excluding hydrogens is 224 g/mol. The molecule has 0 atom stereocenters. The first kappa shape index (κ1) is 14.8. The minimum Gasteiger partial charge on any atom is -0.494 e. The van der Waals surface area contributed by atoms with E-state index in [1.807, 2.05) is 12.1 Å². The smallest absolute Gasteiger partial charge is 0.119 e. The Bertz CT molecular complexity index is 298. The maximum absolute atomic E-state index is 5.62. The summed E-state index contributed by atoms with van der Waals surface area (Å²) in [4.78, 5) is 0. The van der Waals surface area contributed by atoms with Crippen molar-refractivity contribution in [3.63, 3.8) is 0 Å². The van der Waals surface area contributed by atoms with Crippen molar-refractivity contribution in [3.8, 4) is 5.75 Å². The van der Waals surface area contributed by atoms with Crippen molar-refractivity contribution >= 4 is 5.69 Å². The molecule has 0 amide bonds. The van der Waals surface area contributed by atoms with Gasteiger partial charge in [0.15, 0.2) is 0 Å². The number of anilines is 1. The van der Waals surface area contributed by atoms with Crippen LogP contribution in [0, 0.1) is 0 Å². The van der Waals surface area contributed by atoms with Gasteiger partial charge in [-0.25, -0.2) is 0 Å². The average molecular weight is 250 g/mol. The SMILES string of the molecule is CCCCOc1ccc(NCCNCCC)cc1. The monoisotopic (exact) mass is 250 g/mol. The molecule has 18 heavy (non-hydrogen) atoms. The summed E-state index contributed by atoms with van der Waals surface area (Å²) < 4.78 is 5.62. The van der Waals surface area contributed by atoms with Crippen molar-refractivity contribution in [2.75, 3.05) is 31.6 Å². The lowest BCUT2D eigenvalue weighted by atomic mass is 10.3. The van der Waals surface area contributed by atoms with E-state index in [9.17, 15) is 0 Å². The fourth-order valence-corrected chi connectivity index (χ4v) is 1.60. The average Bonchev–Trinajstić information content (AvgIpc) is 2.40. The molecule has 102 valence electrons. The van der Waals surface area contributed by atoms with Gasteiger partial charge in [0.25, 0.3) is 0 Å². The van der Waals surface area contributed by atoms with Crippen LogP contribution >= 0.6 is 0 Å². The maximum Gasteiger partial charge on any atom is 0.119 e. The van der Waals surface area contributed by atoms with Crippen molar-refractivity contribution in [2.45, 2.75) is 33.1 Å². The summed E-state index contributed by atoms with van der Waals surface area (Å²) in [6.07, 6.45) is 3.47. The van der Waals surface area contributed by atoms with E-state index in [-0.39, 0.29) is 0 Å². The third kappa shape index (κ3) is 6.50. The zero-order valence-electron chi connectivity index (χ0n) is 11.7. The Morgan fingerprint density at radius 2 is 1.72 bits per heavy atom. The number of hydrogen-bond donors (Lipinski definition) is 2. The molecule has 0 aromatic heterocycles. The Hall–Kier alpha value is -1.22. The van der Waals surface area contributed by atoms with Gasteiger partial charge >= 0.3 is 0 Å². The zero-order valence-corrected chi connectivity index (χ0v) is 11.7. The van der Waals surface area contributed by atoms with Gasteiger partial charge in [-0.3, -0.25) is 0 Å². The third-order valence-electron chi connectivity index (χ3n) is 2.68. The standard InChI is InChI=1S/C15H26N2O/c1-3-5-13-18-15-8-6-14(7-9-15)17-12-11-16-10-4-2/h6-9,16-17H,3-5,10-13H2,1-2H3. The van der Waals surface area contributed by atoms with Gasteiger partial charge in [0.1, 0.15) is 5.75 Å². The maximum atomic E-state index is 5.62. The van der Waals surface area contributed by atoms with Gasteiger partial charge in [0.2, 0.25) is 0 Å². The van der Waals surface area contributed by atoms with Gasteiger partial charge in [-0.05, 0) is 43.7 Å². The van der Waals surface area contributed by atoms with Gasteiger partial charge in [-0.2, -0.15) is 0 Å². The molecule has 0 aliphatic carbocycles. The fraction of sp³-hybridized carbons (Fsp3) is 0.600. The number of rotatable bonds is 10. The Morgan fingerprint density at radius 3 is 2.39 bits per heavy atom. The predicted molar refractivity (Wildman–Crippen MR) is 78.5 cm³/mol. The van der Waals surface area contributed by atoms with E-state index in [1.165, 1.54) is 12.8 Å². The lowest BCUT2D eigenvalue weighted by molar-refractivity contribution is 0.309. The first-order valence-corrected chi connectivity index (χ1v) is 7.04. The summed E-state index contributed by atoms with van der Waals surface area (Å²) in [6.45, 7) is 8.20. The fourth-order valence-electron chi connectivity index (χ4n) is 1.60. The van der Waals surface area contributed by atoms with E-state index in [2.05, 4.69) is 36.6 Å². The zero-order chi connectivity index (χ0) is 13.1. The van der Waals surface area contributed by atoms with Gasteiger partial charge < -0.3 is 15.4 Å². The lowest BCUT2D eigenvalue weighted by Gasteiger charge is -2.09. The van der Waals surface area contributed by atoms with Crippen molar-refractivity contribution in [1.82, 2.24) is 5.32 Å². The van der Waals surface area contributed by atoms with E-state index >= 15 is 0 Å². The highest BCUT2D eigenvalue weighted by atomic mass is 16.5. The quantitative estimate of drug-likeness (QED) is 0.625. The van der Waals surface area contributed by atoms with Crippen molar-refractivity contribution in [2.24, 2.45) is 0 Å². The molecule has 2 N–H and O–H groups in total. The van der Waals surface area contributed by atoms with Crippen LogP contribution in [0.3, 0.4) is 0 Å². The largest absolute Gasteiger partial charge is 0.494 e. The molecule has 0 fully saturated rings. The van der Waals surface area contributed by atoms with Gasteiger partial charge in [-0.1, -0.05) is 20.3 Å². The minimum absolute atomic E-state index is 0.810. The molecule has 0 aliphatic rings. The molecule has 0 aliphatic heterocycles. The summed E-state index contributed by atoms with van der Waals surface area (Å²) >= 11 is 0. The van der Waals surface area contributed by atoms with Crippen LogP contribution in [0.5, 0.6) is 5.75 Å². The third-order valence-corrected chi connectivity index (χ3v) is 2.68. The second-order valence-electron chi connectivity index (χ2n) is 4.40. The summed E-state index contributed by atoms with van der Waals surface area (Å²) in [7, 11) is 0. The summed E-state index contributed by atoms with van der Waals surface area (Å²) in [5, 5.41) is 6.74. The van der Waals surface area contributed by atoms with E-state index in [4.69, 9.17) is 4.74 Å². The highest BCUT2D eigenvalue weighted by molar-refractivity contribution is 5.46. The van der Waals surface area contributed by atoms with Gasteiger partial charge in [0.05, 0.1) is 6.61 Å². The molecule has 0 saturated heterocycles. The first-order valence-electron chi connectivity index (χ1n) is 7.04. The second kappa shape index (κ2) is 9.77. The Kier molecular flexibility index (Phi) is 8.06. The lowest BCUT2D eigenvalue weighted by Crippen LogP contribution is -2.22. The predicted octanol–water partition coefficient (Wildman–Crippen LogP) is 3.28. The number of hydrogen-bond acceptors (Lipinski definition) is 3. The van der Waals surface area contributed by atoms with Crippen LogP contribution in [0.25, 0.3) is 0 Å². The van der Waals surface area contributed by atoms with Crippen LogP contribution < -0.4 is 15.4 Å². The molecule has 0 saturated carbocycles. The summed E-state index contributed by atoms with van der Waals surface area (Å²) in [5.41, 5.74) is 1.15. The highest BCUT2D eigenvalue weighted by Gasteiger charge is 1.95. The topological polar surface area (TPSA) is 33.3 Å². The van der Waals surface area contributed by atoms with E-state index < -0.39 is 0 Å². The Labute approximate surface area is 111 Å². The van der Waals surface area contributed by atoms with Crippen LogP contribution in [-0.4, -0.2) is 26.2 Å². The van der Waals surface area contributed by atoms with E-state index in [0.717, 1.165) is 44.1 Å². The van der Waals surface area contributed by atoms with E-state index in [0.29, 0.717) is 0 Å². The molecular formula is C15H26N2O. The second-order valence-corrected chi connectivity index (χ2v) is 4.40. The molecule has 1 rings (SSSR count). The summed E-state index contributed by atoms with van der Waals surface area (Å²) in [5.74, 6) is 0.957. The molecule has 0 spiro atoms. The van der Waals surface area contributed by atoms with E-state index in [1.54, 1.807) is 0 Å². The van der Waals surface area contributed by atoms with Crippen LogP contribution in [0.4, 0.5) is 5.69 Å². The molecule has 0 unspecified atom stereocenters. The molecule has 3 nitrogen and oxygen atoms in total.